The maximum atomic E-state index is 12.2. The highest BCUT2D eigenvalue weighted by Gasteiger charge is 2.35. The van der Waals surface area contributed by atoms with Crippen molar-refractivity contribution in [2.24, 2.45) is 0 Å². The fourth-order valence-electron chi connectivity index (χ4n) is 3.60. The molecule has 6 nitrogen and oxygen atoms in total. The van der Waals surface area contributed by atoms with Crippen LogP contribution in [0.15, 0.2) is 48.7 Å². The number of aromatic nitrogens is 3. The van der Waals surface area contributed by atoms with E-state index in [0.29, 0.717) is 22.8 Å². The van der Waals surface area contributed by atoms with Crippen LogP contribution in [0.1, 0.15) is 47.7 Å². The molecule has 2 heterocycles. The number of unbranched alkanes of at least 4 members (excludes halogenated alkanes) is 3. The molecule has 1 aromatic heterocycles. The van der Waals surface area contributed by atoms with Crippen molar-refractivity contribution in [3.05, 3.63) is 65.0 Å². The van der Waals surface area contributed by atoms with Gasteiger partial charge in [0.15, 0.2) is 0 Å². The highest BCUT2D eigenvalue weighted by Crippen LogP contribution is 2.31. The number of carbonyl (C=O) groups is 2. The Bertz CT molecular complexity index is 951. The summed E-state index contributed by atoms with van der Waals surface area (Å²) in [7, 11) is 0. The number of amides is 1. The average Bonchev–Trinajstić information content (AvgIpc) is 3.42. The molecule has 0 unspecified atom stereocenters. The first-order valence-electron chi connectivity index (χ1n) is 9.54. The molecule has 28 heavy (non-hydrogen) atoms. The summed E-state index contributed by atoms with van der Waals surface area (Å²) in [6.07, 6.45) is 14.1. The Morgan fingerprint density at radius 1 is 1.00 bits per heavy atom. The first-order chi connectivity index (χ1) is 13.6. The van der Waals surface area contributed by atoms with Crippen molar-refractivity contribution in [1.82, 2.24) is 15.0 Å². The molecule has 0 bridgehead atoms. The number of anilines is 1. The molecule has 0 saturated carbocycles. The first kappa shape index (κ1) is 18.6. The Morgan fingerprint density at radius 2 is 1.75 bits per heavy atom. The summed E-state index contributed by atoms with van der Waals surface area (Å²) in [5, 5.41) is 8.89. The Balaban J connectivity index is 1.21. The van der Waals surface area contributed by atoms with E-state index in [1.165, 1.54) is 0 Å². The molecule has 0 spiro atoms. The van der Waals surface area contributed by atoms with Gasteiger partial charge in [0.2, 0.25) is 0 Å². The van der Waals surface area contributed by atoms with Gasteiger partial charge in [-0.05, 0) is 31.0 Å². The van der Waals surface area contributed by atoms with Gasteiger partial charge in [0.25, 0.3) is 11.7 Å². The van der Waals surface area contributed by atoms with Gasteiger partial charge in [0, 0.05) is 30.2 Å². The van der Waals surface area contributed by atoms with Crippen LogP contribution in [0.2, 0.25) is 5.02 Å². The number of hydrogen-bond acceptors (Lipinski definition) is 4. The van der Waals surface area contributed by atoms with Crippen LogP contribution in [0, 0.1) is 0 Å². The molecule has 144 valence electrons. The van der Waals surface area contributed by atoms with Gasteiger partial charge in [0.1, 0.15) is 0 Å². The van der Waals surface area contributed by atoms with E-state index in [0.717, 1.165) is 37.9 Å². The summed E-state index contributed by atoms with van der Waals surface area (Å²) < 4.78 is 1.89. The van der Waals surface area contributed by atoms with E-state index in [9.17, 15) is 9.59 Å². The van der Waals surface area contributed by atoms with Gasteiger partial charge in [-0.25, -0.2) is 0 Å². The van der Waals surface area contributed by atoms with Crippen LogP contribution in [0.25, 0.3) is 0 Å². The molecule has 1 aromatic carbocycles. The van der Waals surface area contributed by atoms with Crippen LogP contribution in [0.5, 0.6) is 0 Å². The second-order valence-electron chi connectivity index (χ2n) is 7.06. The van der Waals surface area contributed by atoms with E-state index >= 15 is 0 Å². The molecule has 0 fully saturated rings. The largest absolute Gasteiger partial charge is 0.305 e. The maximum Gasteiger partial charge on any atom is 0.299 e. The highest BCUT2D eigenvalue weighted by molar-refractivity contribution is 6.52. The summed E-state index contributed by atoms with van der Waals surface area (Å²) in [6, 6.07) is 5.03. The minimum absolute atomic E-state index is 0.243. The van der Waals surface area contributed by atoms with Gasteiger partial charge in [0.05, 0.1) is 16.9 Å². The SMILES string of the molecule is O=C1C(=O)N(CCCCCCn2cc(C3C=CC=C3)nn2)c2ccc(Cl)cc21. The van der Waals surface area contributed by atoms with E-state index in [-0.39, 0.29) is 5.92 Å². The Hall–Kier alpha value is -2.73. The fourth-order valence-corrected chi connectivity index (χ4v) is 3.77. The molecule has 0 radical (unpaired) electrons. The Labute approximate surface area is 168 Å². The molecule has 2 aromatic rings. The number of ketones is 1. The summed E-state index contributed by atoms with van der Waals surface area (Å²) in [5.41, 5.74) is 2.05. The molecular weight excluding hydrogens is 376 g/mol. The summed E-state index contributed by atoms with van der Waals surface area (Å²) in [5.74, 6) is -0.680. The van der Waals surface area contributed by atoms with E-state index in [1.54, 1.807) is 23.1 Å². The molecule has 0 saturated heterocycles. The second-order valence-corrected chi connectivity index (χ2v) is 7.50. The molecule has 0 N–H and O–H groups in total. The Morgan fingerprint density at radius 3 is 2.54 bits per heavy atom. The minimum atomic E-state index is -0.466. The lowest BCUT2D eigenvalue weighted by atomic mass is 10.1. The van der Waals surface area contributed by atoms with E-state index in [4.69, 9.17) is 11.6 Å². The molecular formula is C21H21ClN4O2. The van der Waals surface area contributed by atoms with Gasteiger partial charge in [-0.3, -0.25) is 14.3 Å². The number of nitrogens with zero attached hydrogens (tertiary/aromatic N) is 4. The third-order valence-electron chi connectivity index (χ3n) is 5.10. The highest BCUT2D eigenvalue weighted by atomic mass is 35.5. The lowest BCUT2D eigenvalue weighted by Gasteiger charge is -2.16. The number of halogens is 1. The number of benzene rings is 1. The van der Waals surface area contributed by atoms with Gasteiger partial charge >= 0.3 is 0 Å². The minimum Gasteiger partial charge on any atom is -0.305 e. The van der Waals surface area contributed by atoms with Crippen LogP contribution in [-0.4, -0.2) is 33.2 Å². The number of aryl methyl sites for hydroxylation is 1. The predicted molar refractivity (Wildman–Crippen MR) is 108 cm³/mol. The number of hydrogen-bond donors (Lipinski definition) is 0. The second kappa shape index (κ2) is 8.10. The lowest BCUT2D eigenvalue weighted by Crippen LogP contribution is -2.30. The van der Waals surface area contributed by atoms with E-state index < -0.39 is 11.7 Å². The van der Waals surface area contributed by atoms with Gasteiger partial charge in [-0.15, -0.1) is 5.10 Å². The summed E-state index contributed by atoms with van der Waals surface area (Å²) in [4.78, 5) is 25.8. The lowest BCUT2D eigenvalue weighted by molar-refractivity contribution is -0.114. The topological polar surface area (TPSA) is 68.1 Å². The fraction of sp³-hybridized carbons (Fsp3) is 0.333. The third kappa shape index (κ3) is 3.78. The van der Waals surface area contributed by atoms with Crippen molar-refractivity contribution < 1.29 is 9.59 Å². The summed E-state index contributed by atoms with van der Waals surface area (Å²) in [6.45, 7) is 1.38. The van der Waals surface area contributed by atoms with E-state index in [2.05, 4.69) is 22.5 Å². The van der Waals surface area contributed by atoms with Crippen molar-refractivity contribution in [2.45, 2.75) is 38.1 Å². The smallest absolute Gasteiger partial charge is 0.299 e. The third-order valence-corrected chi connectivity index (χ3v) is 5.33. The van der Waals surface area contributed by atoms with Crippen molar-refractivity contribution in [3.63, 3.8) is 0 Å². The van der Waals surface area contributed by atoms with Crippen LogP contribution < -0.4 is 4.90 Å². The molecule has 0 atom stereocenters. The molecule has 2 aliphatic rings. The predicted octanol–water partition coefficient (Wildman–Crippen LogP) is 3.93. The monoisotopic (exact) mass is 396 g/mol. The first-order valence-corrected chi connectivity index (χ1v) is 9.92. The quantitative estimate of drug-likeness (QED) is 0.500. The normalized spacial score (nSPS) is 15.8. The van der Waals surface area contributed by atoms with Gasteiger partial charge in [-0.1, -0.05) is 54.0 Å². The number of Topliss-reactive ketones (excluding diaryl/α,β-unsaturated/α-hetero) is 1. The van der Waals surface area contributed by atoms with Crippen molar-refractivity contribution in [2.75, 3.05) is 11.4 Å². The van der Waals surface area contributed by atoms with Gasteiger partial charge in [-0.2, -0.15) is 0 Å². The number of fused-ring (bicyclic) bond motifs is 1. The van der Waals surface area contributed by atoms with Crippen LogP contribution in [0.3, 0.4) is 0 Å². The maximum absolute atomic E-state index is 12.2. The van der Waals surface area contributed by atoms with Crippen LogP contribution in [-0.2, 0) is 11.3 Å². The molecule has 4 rings (SSSR count). The molecule has 1 aliphatic carbocycles. The zero-order valence-electron chi connectivity index (χ0n) is 15.4. The van der Waals surface area contributed by atoms with Crippen molar-refractivity contribution in [3.8, 4) is 0 Å². The van der Waals surface area contributed by atoms with Crippen molar-refractivity contribution in [1.29, 1.82) is 0 Å². The standard InChI is InChI=1S/C21H21ClN4O2/c22-16-9-10-19-17(13-16)20(27)21(28)26(19)12-6-2-1-5-11-25-14-18(23-24-25)15-7-3-4-8-15/h3-4,7-10,13-15H,1-2,5-6,11-12H2. The zero-order valence-corrected chi connectivity index (χ0v) is 16.2. The van der Waals surface area contributed by atoms with Crippen LogP contribution in [0.4, 0.5) is 5.69 Å². The zero-order chi connectivity index (χ0) is 19.5. The summed E-state index contributed by atoms with van der Waals surface area (Å²) >= 11 is 5.93. The number of allylic oxidation sites excluding steroid dienone is 4. The van der Waals surface area contributed by atoms with Crippen molar-refractivity contribution >= 4 is 29.0 Å². The molecule has 1 amide bonds. The molecule has 1 aliphatic heterocycles. The number of carbonyl (C=O) groups excluding carboxylic acids is 2. The Kier molecular flexibility index (Phi) is 5.39. The number of rotatable bonds is 8. The average molecular weight is 397 g/mol. The van der Waals surface area contributed by atoms with E-state index in [1.807, 2.05) is 23.0 Å². The molecule has 7 heteroatoms. The van der Waals surface area contributed by atoms with Crippen LogP contribution >= 0.6 is 11.6 Å². The van der Waals surface area contributed by atoms with Gasteiger partial charge < -0.3 is 4.90 Å².